The Morgan fingerprint density at radius 3 is 2.23 bits per heavy atom. The normalized spacial score (nSPS) is 28.8. The number of esters is 1. The minimum atomic E-state index is -1.31. The van der Waals surface area contributed by atoms with Gasteiger partial charge >= 0.3 is 5.97 Å². The number of nitrogens with zero attached hydrogens (tertiary/aromatic N) is 1. The van der Waals surface area contributed by atoms with Gasteiger partial charge in [-0.2, -0.15) is 0 Å². The van der Waals surface area contributed by atoms with E-state index >= 15 is 0 Å². The van der Waals surface area contributed by atoms with Crippen LogP contribution >= 0.6 is 15.9 Å². The molecular formula is C17H16BrNO7. The Bertz CT molecular complexity index is 815. The van der Waals surface area contributed by atoms with Crippen LogP contribution in [0.2, 0.25) is 0 Å². The molecule has 0 spiro atoms. The maximum atomic E-state index is 13.1. The molecule has 0 saturated heterocycles. The van der Waals surface area contributed by atoms with Crippen LogP contribution in [0.15, 0.2) is 34.8 Å². The van der Waals surface area contributed by atoms with E-state index in [2.05, 4.69) is 15.9 Å². The quantitative estimate of drug-likeness (QED) is 0.307. The van der Waals surface area contributed by atoms with Crippen molar-refractivity contribution in [2.75, 3.05) is 21.3 Å². The van der Waals surface area contributed by atoms with Crippen LogP contribution < -0.4 is 0 Å². The first-order chi connectivity index (χ1) is 12.3. The third kappa shape index (κ3) is 2.27. The SMILES string of the molecule is COC(=O)[C@@H]1[C@H]2C(OC)(OC)C=C(Br)C(=O)[C@@]12c1ccc([N+](=O)[O-])cc1. The first-order valence-electron chi connectivity index (χ1n) is 7.66. The molecule has 0 N–H and O–H groups in total. The summed E-state index contributed by atoms with van der Waals surface area (Å²) in [5, 5.41) is 10.9. The van der Waals surface area contributed by atoms with Gasteiger partial charge in [0.1, 0.15) is 0 Å². The van der Waals surface area contributed by atoms with Crippen LogP contribution in [-0.4, -0.2) is 43.8 Å². The van der Waals surface area contributed by atoms with Gasteiger partial charge in [0.25, 0.3) is 5.69 Å². The summed E-state index contributed by atoms with van der Waals surface area (Å²) in [4.78, 5) is 35.9. The van der Waals surface area contributed by atoms with Crippen LogP contribution in [0.1, 0.15) is 5.56 Å². The molecule has 0 aliphatic heterocycles. The highest BCUT2D eigenvalue weighted by atomic mass is 79.9. The first kappa shape index (κ1) is 18.7. The van der Waals surface area contributed by atoms with Crippen molar-refractivity contribution in [3.8, 4) is 0 Å². The molecule has 1 saturated carbocycles. The Balaban J connectivity index is 2.20. The summed E-state index contributed by atoms with van der Waals surface area (Å²) in [5.74, 6) is -3.71. The minimum Gasteiger partial charge on any atom is -0.469 e. The lowest BCUT2D eigenvalue weighted by molar-refractivity contribution is -0.384. The third-order valence-electron chi connectivity index (χ3n) is 5.21. The monoisotopic (exact) mass is 425 g/mol. The molecule has 1 aromatic rings. The molecule has 8 nitrogen and oxygen atoms in total. The van der Waals surface area contributed by atoms with Crippen molar-refractivity contribution in [3.63, 3.8) is 0 Å². The lowest BCUT2D eigenvalue weighted by Gasteiger charge is -2.34. The summed E-state index contributed by atoms with van der Waals surface area (Å²) >= 11 is 3.24. The van der Waals surface area contributed by atoms with E-state index in [-0.39, 0.29) is 16.0 Å². The lowest BCUT2D eigenvalue weighted by Crippen LogP contribution is -2.43. The number of hydrogen-bond acceptors (Lipinski definition) is 7. The summed E-state index contributed by atoms with van der Waals surface area (Å²) < 4.78 is 16.2. The van der Waals surface area contributed by atoms with Gasteiger partial charge in [-0.05, 0) is 27.6 Å². The van der Waals surface area contributed by atoms with Crippen molar-refractivity contribution in [1.82, 2.24) is 0 Å². The molecule has 3 atom stereocenters. The molecule has 2 aliphatic rings. The zero-order chi connectivity index (χ0) is 19.3. The summed E-state index contributed by atoms with van der Waals surface area (Å²) in [7, 11) is 4.08. The predicted octanol–water partition coefficient (Wildman–Crippen LogP) is 2.10. The van der Waals surface area contributed by atoms with Crippen LogP contribution in [0.3, 0.4) is 0 Å². The molecule has 0 bridgehead atoms. The standard InChI is InChI=1S/C17H16BrNO7/c1-24-15(21)12-13-16(25-2,26-3)8-11(18)14(20)17(12,13)9-4-6-10(7-5-9)19(22)23/h4-8,12-13H,1-3H3/t12-,13-,17-/m0/s1. The van der Waals surface area contributed by atoms with E-state index in [1.807, 2.05) is 0 Å². The smallest absolute Gasteiger partial charge is 0.310 e. The molecule has 2 aliphatic carbocycles. The van der Waals surface area contributed by atoms with Gasteiger partial charge in [0.05, 0.1) is 27.8 Å². The minimum absolute atomic E-state index is 0.111. The number of allylic oxidation sites excluding steroid dienone is 1. The van der Waals surface area contributed by atoms with E-state index < -0.39 is 33.9 Å². The molecule has 9 heteroatoms. The maximum Gasteiger partial charge on any atom is 0.310 e. The number of fused-ring (bicyclic) bond motifs is 1. The lowest BCUT2D eigenvalue weighted by atomic mass is 9.82. The largest absolute Gasteiger partial charge is 0.469 e. The number of rotatable bonds is 5. The summed E-state index contributed by atoms with van der Waals surface area (Å²) in [6.07, 6.45) is 1.49. The van der Waals surface area contributed by atoms with Crippen LogP contribution in [0.4, 0.5) is 5.69 Å². The zero-order valence-corrected chi connectivity index (χ0v) is 15.8. The van der Waals surface area contributed by atoms with Gasteiger partial charge in [-0.25, -0.2) is 0 Å². The third-order valence-corrected chi connectivity index (χ3v) is 5.80. The van der Waals surface area contributed by atoms with Crippen molar-refractivity contribution in [2.24, 2.45) is 11.8 Å². The Hall–Kier alpha value is -2.10. The molecule has 1 fully saturated rings. The van der Waals surface area contributed by atoms with E-state index in [0.717, 1.165) is 0 Å². The molecule has 0 radical (unpaired) electrons. The molecule has 0 heterocycles. The molecule has 3 rings (SSSR count). The van der Waals surface area contributed by atoms with Crippen molar-refractivity contribution < 1.29 is 28.7 Å². The fraction of sp³-hybridized carbons (Fsp3) is 0.412. The highest BCUT2D eigenvalue weighted by Crippen LogP contribution is 2.69. The van der Waals surface area contributed by atoms with Crippen molar-refractivity contribution in [3.05, 3.63) is 50.5 Å². The van der Waals surface area contributed by atoms with E-state index in [4.69, 9.17) is 14.2 Å². The van der Waals surface area contributed by atoms with Gasteiger partial charge in [0.15, 0.2) is 11.6 Å². The van der Waals surface area contributed by atoms with Gasteiger partial charge in [-0.15, -0.1) is 0 Å². The number of nitro benzene ring substituents is 1. The van der Waals surface area contributed by atoms with E-state index in [9.17, 15) is 19.7 Å². The number of methoxy groups -OCH3 is 3. The summed E-state index contributed by atoms with van der Waals surface area (Å²) in [6, 6.07) is 5.56. The Labute approximate surface area is 157 Å². The van der Waals surface area contributed by atoms with Crippen molar-refractivity contribution in [2.45, 2.75) is 11.2 Å². The average Bonchev–Trinajstić information content (AvgIpc) is 3.36. The number of hydrogen-bond donors (Lipinski definition) is 0. The Morgan fingerprint density at radius 2 is 1.77 bits per heavy atom. The second-order valence-electron chi connectivity index (χ2n) is 6.10. The number of halogens is 1. The number of carbonyl (C=O) groups excluding carboxylic acids is 2. The van der Waals surface area contributed by atoms with Crippen LogP contribution in [0.5, 0.6) is 0 Å². The molecule has 26 heavy (non-hydrogen) atoms. The topological polar surface area (TPSA) is 105 Å². The van der Waals surface area contributed by atoms with Crippen molar-refractivity contribution >= 4 is 33.4 Å². The van der Waals surface area contributed by atoms with Crippen LogP contribution in [0.25, 0.3) is 0 Å². The number of Topliss-reactive ketones (excluding diaryl/α,β-unsaturated/α-hetero) is 1. The molecule has 0 amide bonds. The Kier molecular flexibility index (Phi) is 4.50. The van der Waals surface area contributed by atoms with Crippen LogP contribution in [0, 0.1) is 22.0 Å². The average molecular weight is 426 g/mol. The van der Waals surface area contributed by atoms with Gasteiger partial charge in [-0.1, -0.05) is 12.1 Å². The van der Waals surface area contributed by atoms with Gasteiger partial charge < -0.3 is 14.2 Å². The zero-order valence-electron chi connectivity index (χ0n) is 14.2. The van der Waals surface area contributed by atoms with E-state index in [0.29, 0.717) is 5.56 Å². The maximum absolute atomic E-state index is 13.1. The van der Waals surface area contributed by atoms with Crippen molar-refractivity contribution in [1.29, 1.82) is 0 Å². The number of ketones is 1. The van der Waals surface area contributed by atoms with Gasteiger partial charge in [0.2, 0.25) is 0 Å². The molecular weight excluding hydrogens is 410 g/mol. The predicted molar refractivity (Wildman–Crippen MR) is 92.5 cm³/mol. The highest BCUT2D eigenvalue weighted by molar-refractivity contribution is 9.12. The number of ether oxygens (including phenoxy) is 3. The highest BCUT2D eigenvalue weighted by Gasteiger charge is 2.82. The number of nitro groups is 1. The summed E-state index contributed by atoms with van der Waals surface area (Å²) in [5.41, 5.74) is -0.918. The van der Waals surface area contributed by atoms with E-state index in [1.54, 1.807) is 0 Å². The Morgan fingerprint density at radius 1 is 1.19 bits per heavy atom. The fourth-order valence-electron chi connectivity index (χ4n) is 4.00. The molecule has 138 valence electrons. The summed E-state index contributed by atoms with van der Waals surface area (Å²) in [6.45, 7) is 0. The van der Waals surface area contributed by atoms with Gasteiger partial charge in [0, 0.05) is 32.3 Å². The molecule has 0 aromatic heterocycles. The second kappa shape index (κ2) is 6.26. The molecule has 1 aromatic carbocycles. The first-order valence-corrected chi connectivity index (χ1v) is 8.45. The fourth-order valence-corrected chi connectivity index (χ4v) is 4.65. The van der Waals surface area contributed by atoms with Gasteiger partial charge in [-0.3, -0.25) is 19.7 Å². The number of benzene rings is 1. The van der Waals surface area contributed by atoms with E-state index in [1.165, 1.54) is 51.7 Å². The second-order valence-corrected chi connectivity index (χ2v) is 6.96. The van der Waals surface area contributed by atoms with Crippen LogP contribution in [-0.2, 0) is 29.2 Å². The number of carbonyl (C=O) groups is 2. The molecule has 0 unspecified atom stereocenters. The number of non-ortho nitro benzene ring substituents is 1.